The molecule has 1 aromatic rings. The summed E-state index contributed by atoms with van der Waals surface area (Å²) in [4.78, 5) is 12.3. The van der Waals surface area contributed by atoms with E-state index in [2.05, 4.69) is 6.92 Å². The Morgan fingerprint density at radius 3 is 2.33 bits per heavy atom. The van der Waals surface area contributed by atoms with E-state index in [9.17, 15) is 22.4 Å². The molecule has 0 atom stereocenters. The van der Waals surface area contributed by atoms with E-state index in [1.165, 1.54) is 0 Å². The highest BCUT2D eigenvalue weighted by Gasteiger charge is 2.35. The molecule has 0 unspecified atom stereocenters. The molecule has 1 nitrogen and oxygen atoms in total. The summed E-state index contributed by atoms with van der Waals surface area (Å²) in [5.74, 6) is -1.27. The van der Waals surface area contributed by atoms with Crippen molar-refractivity contribution in [2.24, 2.45) is 11.8 Å². The number of alkyl halides is 3. The molecule has 1 aromatic carbocycles. The number of halogens is 4. The van der Waals surface area contributed by atoms with E-state index in [-0.39, 0.29) is 17.3 Å². The van der Waals surface area contributed by atoms with Crippen LogP contribution >= 0.6 is 0 Å². The minimum Gasteiger partial charge on any atom is -0.294 e. The third-order valence-electron chi connectivity index (χ3n) is 4.35. The van der Waals surface area contributed by atoms with E-state index < -0.39 is 17.6 Å². The van der Waals surface area contributed by atoms with E-state index in [0.717, 1.165) is 31.4 Å². The number of carbonyl (C=O) groups excluding carboxylic acids is 1. The maximum atomic E-state index is 13.2. The van der Waals surface area contributed by atoms with E-state index >= 15 is 0 Å². The predicted octanol–water partition coefficient (Wildman–Crippen LogP) is 5.24. The van der Waals surface area contributed by atoms with Crippen LogP contribution in [-0.2, 0) is 6.18 Å². The van der Waals surface area contributed by atoms with Crippen molar-refractivity contribution in [3.05, 3.63) is 35.1 Å². The van der Waals surface area contributed by atoms with Crippen molar-refractivity contribution < 1.29 is 22.4 Å². The van der Waals surface area contributed by atoms with Crippen LogP contribution in [0.1, 0.15) is 54.9 Å². The second-order valence-electron chi connectivity index (χ2n) is 5.68. The van der Waals surface area contributed by atoms with Crippen LogP contribution in [0.3, 0.4) is 0 Å². The molecule has 116 valence electrons. The van der Waals surface area contributed by atoms with Gasteiger partial charge in [0.05, 0.1) is 5.56 Å². The molecule has 0 amide bonds. The zero-order valence-corrected chi connectivity index (χ0v) is 11.8. The average molecular weight is 302 g/mol. The van der Waals surface area contributed by atoms with Gasteiger partial charge in [0.15, 0.2) is 5.78 Å². The second kappa shape index (κ2) is 6.16. The minimum absolute atomic E-state index is 0.0383. The lowest BCUT2D eigenvalue weighted by Crippen LogP contribution is -2.22. The molecule has 5 heteroatoms. The lowest BCUT2D eigenvalue weighted by Gasteiger charge is -2.27. The van der Waals surface area contributed by atoms with Gasteiger partial charge in [0.1, 0.15) is 5.82 Å². The molecule has 0 radical (unpaired) electrons. The second-order valence-corrected chi connectivity index (χ2v) is 5.68. The monoisotopic (exact) mass is 302 g/mol. The molecular weight excluding hydrogens is 284 g/mol. The molecule has 21 heavy (non-hydrogen) atoms. The van der Waals surface area contributed by atoms with E-state index in [0.29, 0.717) is 24.8 Å². The molecule has 0 N–H and O–H groups in total. The summed E-state index contributed by atoms with van der Waals surface area (Å²) in [6.07, 6.45) is -0.442. The molecule has 2 rings (SSSR count). The third kappa shape index (κ3) is 3.63. The van der Waals surface area contributed by atoms with E-state index in [4.69, 9.17) is 0 Å². The van der Waals surface area contributed by atoms with Crippen LogP contribution in [0.2, 0.25) is 0 Å². The van der Waals surface area contributed by atoms with Crippen LogP contribution in [0.15, 0.2) is 18.2 Å². The topological polar surface area (TPSA) is 17.1 Å². The fourth-order valence-corrected chi connectivity index (χ4v) is 2.96. The number of carbonyl (C=O) groups is 1. The first-order valence-electron chi connectivity index (χ1n) is 7.24. The number of ketones is 1. The first-order chi connectivity index (χ1) is 9.82. The van der Waals surface area contributed by atoms with Crippen molar-refractivity contribution in [2.45, 2.75) is 45.2 Å². The van der Waals surface area contributed by atoms with E-state index in [1.54, 1.807) is 0 Å². The molecular formula is C16H18F4O. The van der Waals surface area contributed by atoms with Gasteiger partial charge in [-0.2, -0.15) is 13.2 Å². The maximum absolute atomic E-state index is 13.2. The van der Waals surface area contributed by atoms with Gasteiger partial charge < -0.3 is 0 Å². The van der Waals surface area contributed by atoms with Gasteiger partial charge in [0.2, 0.25) is 0 Å². The average Bonchev–Trinajstić information content (AvgIpc) is 2.46. The smallest absolute Gasteiger partial charge is 0.294 e. The summed E-state index contributed by atoms with van der Waals surface area (Å²) >= 11 is 0. The van der Waals surface area contributed by atoms with Crippen molar-refractivity contribution in [2.75, 3.05) is 0 Å². The summed E-state index contributed by atoms with van der Waals surface area (Å²) in [5, 5.41) is 0. The lowest BCUT2D eigenvalue weighted by molar-refractivity contribution is -0.140. The quantitative estimate of drug-likeness (QED) is 0.551. The zero-order chi connectivity index (χ0) is 15.6. The van der Waals surface area contributed by atoms with Gasteiger partial charge in [-0.25, -0.2) is 4.39 Å². The molecule has 0 heterocycles. The highest BCUT2D eigenvalue weighted by Crippen LogP contribution is 2.35. The van der Waals surface area contributed by atoms with Gasteiger partial charge in [0.25, 0.3) is 0 Å². The predicted molar refractivity (Wildman–Crippen MR) is 71.5 cm³/mol. The highest BCUT2D eigenvalue weighted by molar-refractivity contribution is 5.98. The first kappa shape index (κ1) is 16.0. The van der Waals surface area contributed by atoms with Crippen molar-refractivity contribution >= 4 is 5.78 Å². The summed E-state index contributed by atoms with van der Waals surface area (Å²) in [6.45, 7) is 2.10. The largest absolute Gasteiger partial charge is 0.419 e. The van der Waals surface area contributed by atoms with E-state index in [1.807, 2.05) is 0 Å². The molecule has 0 aromatic heterocycles. The van der Waals surface area contributed by atoms with Crippen LogP contribution in [0.25, 0.3) is 0 Å². The number of hydrogen-bond acceptors (Lipinski definition) is 1. The van der Waals surface area contributed by atoms with Gasteiger partial charge >= 0.3 is 6.18 Å². The van der Waals surface area contributed by atoms with Crippen molar-refractivity contribution in [3.63, 3.8) is 0 Å². The third-order valence-corrected chi connectivity index (χ3v) is 4.35. The molecule has 0 aliphatic heterocycles. The number of Topliss-reactive ketones (excluding diaryl/α,β-unsaturated/α-hetero) is 1. The number of benzene rings is 1. The molecule has 0 saturated heterocycles. The zero-order valence-electron chi connectivity index (χ0n) is 11.8. The Bertz CT molecular complexity index is 513. The van der Waals surface area contributed by atoms with Crippen molar-refractivity contribution in [1.82, 2.24) is 0 Å². The number of hydrogen-bond donors (Lipinski definition) is 0. The summed E-state index contributed by atoms with van der Waals surface area (Å²) in [5.41, 5.74) is -1.40. The molecule has 1 aliphatic carbocycles. The Balaban J connectivity index is 2.17. The molecule has 0 bridgehead atoms. The Hall–Kier alpha value is -1.39. The Morgan fingerprint density at radius 1 is 1.19 bits per heavy atom. The Morgan fingerprint density at radius 2 is 1.81 bits per heavy atom. The van der Waals surface area contributed by atoms with Gasteiger partial charge in [0, 0.05) is 11.5 Å². The molecule has 1 saturated carbocycles. The summed E-state index contributed by atoms with van der Waals surface area (Å²) < 4.78 is 51.3. The Kier molecular flexibility index (Phi) is 4.69. The van der Waals surface area contributed by atoms with Crippen LogP contribution in [0.5, 0.6) is 0 Å². The lowest BCUT2D eigenvalue weighted by atomic mass is 9.77. The molecule has 1 fully saturated rings. The van der Waals surface area contributed by atoms with Crippen molar-refractivity contribution in [1.29, 1.82) is 0 Å². The fraction of sp³-hybridized carbons (Fsp3) is 0.562. The SMILES string of the molecule is CCC1CCC(C(=O)c2ccc(F)c(C(F)(F)F)c2)CC1. The Labute approximate surface area is 121 Å². The number of rotatable bonds is 3. The highest BCUT2D eigenvalue weighted by atomic mass is 19.4. The fourth-order valence-electron chi connectivity index (χ4n) is 2.96. The van der Waals surface area contributed by atoms with Gasteiger partial charge in [-0.3, -0.25) is 4.79 Å². The molecule has 1 aliphatic rings. The van der Waals surface area contributed by atoms with Gasteiger partial charge in [-0.05, 0) is 49.8 Å². The minimum atomic E-state index is -4.78. The van der Waals surface area contributed by atoms with Crippen LogP contribution < -0.4 is 0 Å². The normalized spacial score (nSPS) is 23.1. The summed E-state index contributed by atoms with van der Waals surface area (Å²) in [6, 6.07) is 2.52. The van der Waals surface area contributed by atoms with Gasteiger partial charge in [-0.1, -0.05) is 13.3 Å². The summed E-state index contributed by atoms with van der Waals surface area (Å²) in [7, 11) is 0. The van der Waals surface area contributed by atoms with Crippen LogP contribution in [-0.4, -0.2) is 5.78 Å². The standard InChI is InChI=1S/C16H18F4O/c1-2-10-3-5-11(6-4-10)15(21)12-7-8-14(17)13(9-12)16(18,19)20/h7-11H,2-6H2,1H3. The van der Waals surface area contributed by atoms with Crippen LogP contribution in [0, 0.1) is 17.7 Å². The van der Waals surface area contributed by atoms with Gasteiger partial charge in [-0.15, -0.1) is 0 Å². The maximum Gasteiger partial charge on any atom is 0.419 e. The van der Waals surface area contributed by atoms with Crippen LogP contribution in [0.4, 0.5) is 17.6 Å². The van der Waals surface area contributed by atoms with Crippen molar-refractivity contribution in [3.8, 4) is 0 Å². The first-order valence-corrected chi connectivity index (χ1v) is 7.24. The molecule has 0 spiro atoms.